The molecule has 0 spiro atoms. The van der Waals surface area contributed by atoms with Gasteiger partial charge in [-0.2, -0.15) is 0 Å². The molecule has 0 aliphatic rings. The first-order chi connectivity index (χ1) is 9.85. The largest absolute Gasteiger partial charge is 0.385 e. The van der Waals surface area contributed by atoms with E-state index < -0.39 is 0 Å². The summed E-state index contributed by atoms with van der Waals surface area (Å²) in [6, 6.07) is 19.7. The molecular formula is C18H23NO. The summed E-state index contributed by atoms with van der Waals surface area (Å²) < 4.78 is 5.12. The lowest BCUT2D eigenvalue weighted by Crippen LogP contribution is -2.16. The van der Waals surface area contributed by atoms with Crippen molar-refractivity contribution in [3.05, 3.63) is 60.2 Å². The third-order valence-electron chi connectivity index (χ3n) is 3.61. The van der Waals surface area contributed by atoms with Crippen molar-refractivity contribution < 1.29 is 4.74 Å². The smallest absolute Gasteiger partial charge is 0.0462 e. The third-order valence-corrected chi connectivity index (χ3v) is 3.61. The average molecular weight is 269 g/mol. The van der Waals surface area contributed by atoms with Gasteiger partial charge in [-0.15, -0.1) is 0 Å². The number of rotatable bonds is 7. The van der Waals surface area contributed by atoms with Gasteiger partial charge < -0.3 is 10.1 Å². The Kier molecular flexibility index (Phi) is 5.78. The minimum absolute atomic E-state index is 0.398. The van der Waals surface area contributed by atoms with E-state index in [0.717, 1.165) is 19.4 Å². The maximum Gasteiger partial charge on any atom is 0.0462 e. The van der Waals surface area contributed by atoms with Crippen LogP contribution in [-0.2, 0) is 4.74 Å². The number of hydrogen-bond donors (Lipinski definition) is 1. The Morgan fingerprint density at radius 2 is 1.60 bits per heavy atom. The lowest BCUT2D eigenvalue weighted by molar-refractivity contribution is 0.189. The Bertz CT molecular complexity index is 493. The SMILES string of the molecule is CNC(CCCOC)c1ccc(-c2ccccc2)cc1. The van der Waals surface area contributed by atoms with Crippen LogP contribution in [-0.4, -0.2) is 20.8 Å². The van der Waals surface area contributed by atoms with Crippen LogP contribution in [0.25, 0.3) is 11.1 Å². The predicted octanol–water partition coefficient (Wildman–Crippen LogP) is 4.04. The van der Waals surface area contributed by atoms with Gasteiger partial charge in [0.2, 0.25) is 0 Å². The van der Waals surface area contributed by atoms with Crippen molar-refractivity contribution in [3.63, 3.8) is 0 Å². The Labute approximate surface area is 121 Å². The van der Waals surface area contributed by atoms with Crippen LogP contribution >= 0.6 is 0 Å². The molecule has 0 aliphatic heterocycles. The van der Waals surface area contributed by atoms with E-state index in [1.807, 2.05) is 13.1 Å². The second kappa shape index (κ2) is 7.83. The Balaban J connectivity index is 2.06. The van der Waals surface area contributed by atoms with Crippen molar-refractivity contribution in [1.82, 2.24) is 5.32 Å². The van der Waals surface area contributed by atoms with Crippen LogP contribution in [0, 0.1) is 0 Å². The molecule has 2 aromatic rings. The first-order valence-corrected chi connectivity index (χ1v) is 7.16. The van der Waals surface area contributed by atoms with E-state index in [2.05, 4.69) is 53.8 Å². The van der Waals surface area contributed by atoms with Gasteiger partial charge in [0.1, 0.15) is 0 Å². The Hall–Kier alpha value is -1.64. The third kappa shape index (κ3) is 3.92. The van der Waals surface area contributed by atoms with Gasteiger partial charge in [-0.3, -0.25) is 0 Å². The van der Waals surface area contributed by atoms with Crippen molar-refractivity contribution in [2.24, 2.45) is 0 Å². The fraction of sp³-hybridized carbons (Fsp3) is 0.333. The van der Waals surface area contributed by atoms with E-state index in [4.69, 9.17) is 4.74 Å². The van der Waals surface area contributed by atoms with Gasteiger partial charge in [0.25, 0.3) is 0 Å². The predicted molar refractivity (Wildman–Crippen MR) is 84.8 cm³/mol. The van der Waals surface area contributed by atoms with Crippen LogP contribution in [0.5, 0.6) is 0 Å². The molecule has 2 heteroatoms. The summed E-state index contributed by atoms with van der Waals surface area (Å²) in [5.41, 5.74) is 3.86. The van der Waals surface area contributed by atoms with Gasteiger partial charge in [-0.25, -0.2) is 0 Å². The zero-order valence-corrected chi connectivity index (χ0v) is 12.3. The number of benzene rings is 2. The van der Waals surface area contributed by atoms with Gasteiger partial charge in [-0.05, 0) is 36.6 Å². The number of nitrogens with one attached hydrogen (secondary N) is 1. The van der Waals surface area contributed by atoms with Crippen molar-refractivity contribution in [3.8, 4) is 11.1 Å². The molecule has 1 unspecified atom stereocenters. The van der Waals surface area contributed by atoms with E-state index in [1.54, 1.807) is 7.11 Å². The molecule has 1 atom stereocenters. The molecule has 1 N–H and O–H groups in total. The van der Waals surface area contributed by atoms with Crippen LogP contribution in [0.15, 0.2) is 54.6 Å². The van der Waals surface area contributed by atoms with Gasteiger partial charge in [0, 0.05) is 19.8 Å². The zero-order valence-electron chi connectivity index (χ0n) is 12.3. The minimum atomic E-state index is 0.398. The summed E-state index contributed by atoms with van der Waals surface area (Å²) >= 11 is 0. The molecule has 0 aliphatic carbocycles. The highest BCUT2D eigenvalue weighted by Gasteiger charge is 2.08. The van der Waals surface area contributed by atoms with Gasteiger partial charge in [0.05, 0.1) is 0 Å². The van der Waals surface area contributed by atoms with E-state index in [0.29, 0.717) is 6.04 Å². The van der Waals surface area contributed by atoms with E-state index in [9.17, 15) is 0 Å². The summed E-state index contributed by atoms with van der Waals surface area (Å²) in [6.07, 6.45) is 2.16. The lowest BCUT2D eigenvalue weighted by atomic mass is 9.98. The second-order valence-corrected chi connectivity index (χ2v) is 4.96. The molecular weight excluding hydrogens is 246 g/mol. The topological polar surface area (TPSA) is 21.3 Å². The number of hydrogen-bond acceptors (Lipinski definition) is 2. The lowest BCUT2D eigenvalue weighted by Gasteiger charge is -2.17. The molecule has 0 fully saturated rings. The summed E-state index contributed by atoms with van der Waals surface area (Å²) in [5, 5.41) is 3.38. The van der Waals surface area contributed by atoms with Crippen molar-refractivity contribution in [1.29, 1.82) is 0 Å². The molecule has 0 saturated carbocycles. The highest BCUT2D eigenvalue weighted by atomic mass is 16.5. The highest BCUT2D eigenvalue weighted by molar-refractivity contribution is 5.63. The Morgan fingerprint density at radius 1 is 0.950 bits per heavy atom. The molecule has 2 nitrogen and oxygen atoms in total. The second-order valence-electron chi connectivity index (χ2n) is 4.96. The van der Waals surface area contributed by atoms with Gasteiger partial charge in [0.15, 0.2) is 0 Å². The maximum absolute atomic E-state index is 5.12. The number of methoxy groups -OCH3 is 1. The maximum atomic E-state index is 5.12. The summed E-state index contributed by atoms with van der Waals surface area (Å²) in [4.78, 5) is 0. The standard InChI is InChI=1S/C18H23NO/c1-19-18(9-6-14-20-2)17-12-10-16(11-13-17)15-7-4-3-5-8-15/h3-5,7-8,10-13,18-19H,6,9,14H2,1-2H3. The van der Waals surface area contributed by atoms with Crippen LogP contribution in [0.4, 0.5) is 0 Å². The van der Waals surface area contributed by atoms with Gasteiger partial charge >= 0.3 is 0 Å². The van der Waals surface area contributed by atoms with Crippen LogP contribution in [0.1, 0.15) is 24.4 Å². The molecule has 0 radical (unpaired) electrons. The molecule has 2 rings (SSSR count). The molecule has 0 bridgehead atoms. The van der Waals surface area contributed by atoms with Crippen molar-refractivity contribution in [2.75, 3.05) is 20.8 Å². The molecule has 0 saturated heterocycles. The van der Waals surface area contributed by atoms with E-state index in [-0.39, 0.29) is 0 Å². The summed E-state index contributed by atoms with van der Waals surface area (Å²) in [6.45, 7) is 0.820. The van der Waals surface area contributed by atoms with Crippen LogP contribution in [0.3, 0.4) is 0 Å². The molecule has 0 heterocycles. The van der Waals surface area contributed by atoms with E-state index in [1.165, 1.54) is 16.7 Å². The Morgan fingerprint density at radius 3 is 2.20 bits per heavy atom. The average Bonchev–Trinajstić information content (AvgIpc) is 2.53. The molecule has 0 amide bonds. The normalized spacial score (nSPS) is 12.3. The van der Waals surface area contributed by atoms with Crippen molar-refractivity contribution >= 4 is 0 Å². The monoisotopic (exact) mass is 269 g/mol. The first-order valence-electron chi connectivity index (χ1n) is 7.16. The molecule has 2 aromatic carbocycles. The number of ether oxygens (including phenoxy) is 1. The van der Waals surface area contributed by atoms with Crippen LogP contribution < -0.4 is 5.32 Å². The zero-order chi connectivity index (χ0) is 14.2. The van der Waals surface area contributed by atoms with Crippen molar-refractivity contribution in [2.45, 2.75) is 18.9 Å². The fourth-order valence-corrected chi connectivity index (χ4v) is 2.45. The van der Waals surface area contributed by atoms with E-state index >= 15 is 0 Å². The van der Waals surface area contributed by atoms with Gasteiger partial charge in [-0.1, -0.05) is 54.6 Å². The minimum Gasteiger partial charge on any atom is -0.385 e. The van der Waals surface area contributed by atoms with Crippen LogP contribution in [0.2, 0.25) is 0 Å². The molecule has 20 heavy (non-hydrogen) atoms. The first kappa shape index (κ1) is 14.8. The fourth-order valence-electron chi connectivity index (χ4n) is 2.45. The summed E-state index contributed by atoms with van der Waals surface area (Å²) in [5.74, 6) is 0. The molecule has 0 aromatic heterocycles. The molecule has 106 valence electrons. The summed E-state index contributed by atoms with van der Waals surface area (Å²) in [7, 11) is 3.77. The quantitative estimate of drug-likeness (QED) is 0.766. The highest BCUT2D eigenvalue weighted by Crippen LogP contribution is 2.23.